The summed E-state index contributed by atoms with van der Waals surface area (Å²) in [5.74, 6) is 2.82. The molecule has 5 heteroatoms. The van der Waals surface area contributed by atoms with Crippen molar-refractivity contribution in [3.8, 4) is 11.4 Å². The molecule has 2 aliphatic rings. The van der Waals surface area contributed by atoms with E-state index in [0.717, 1.165) is 61.9 Å². The summed E-state index contributed by atoms with van der Waals surface area (Å²) in [6.45, 7) is 11.9. The normalized spacial score (nSPS) is 17.8. The molecule has 1 saturated heterocycles. The lowest BCUT2D eigenvalue weighted by molar-refractivity contribution is -0.135. The zero-order chi connectivity index (χ0) is 21.3. The number of benzene rings is 1. The maximum atomic E-state index is 12.8. The van der Waals surface area contributed by atoms with Gasteiger partial charge in [0.05, 0.1) is 0 Å². The van der Waals surface area contributed by atoms with Gasteiger partial charge >= 0.3 is 0 Å². The van der Waals surface area contributed by atoms with E-state index < -0.39 is 0 Å². The lowest BCUT2D eigenvalue weighted by Crippen LogP contribution is -2.50. The predicted octanol–water partition coefficient (Wildman–Crippen LogP) is 4.72. The van der Waals surface area contributed by atoms with E-state index in [-0.39, 0.29) is 5.92 Å². The number of hydrogen-bond donors (Lipinski definition) is 0. The van der Waals surface area contributed by atoms with Crippen LogP contribution in [0.3, 0.4) is 0 Å². The molecule has 1 aromatic heterocycles. The largest absolute Gasteiger partial charge is 0.353 e. The Hall–Kier alpha value is -2.43. The monoisotopic (exact) mass is 406 g/mol. The van der Waals surface area contributed by atoms with Crippen molar-refractivity contribution in [3.63, 3.8) is 0 Å². The van der Waals surface area contributed by atoms with Crippen molar-refractivity contribution in [3.05, 3.63) is 41.1 Å². The first-order valence-corrected chi connectivity index (χ1v) is 11.4. The molecule has 5 nitrogen and oxygen atoms in total. The van der Waals surface area contributed by atoms with Gasteiger partial charge in [-0.15, -0.1) is 0 Å². The van der Waals surface area contributed by atoms with Crippen molar-refractivity contribution >= 4 is 11.7 Å². The number of carbonyl (C=O) groups is 1. The number of aryl methyl sites for hydroxylation is 2. The molecule has 4 rings (SSSR count). The first-order valence-electron chi connectivity index (χ1n) is 11.4. The van der Waals surface area contributed by atoms with Crippen LogP contribution < -0.4 is 4.90 Å². The molecule has 1 amide bonds. The van der Waals surface area contributed by atoms with E-state index in [0.29, 0.717) is 11.8 Å². The molecule has 2 aromatic rings. The van der Waals surface area contributed by atoms with Gasteiger partial charge < -0.3 is 9.80 Å². The highest BCUT2D eigenvalue weighted by Gasteiger charge is 2.31. The summed E-state index contributed by atoms with van der Waals surface area (Å²) in [5, 5.41) is 0. The Bertz CT molecular complexity index is 909. The number of carbonyl (C=O) groups excluding carboxylic acids is 1. The van der Waals surface area contributed by atoms with Crippen LogP contribution in [0.1, 0.15) is 62.3 Å². The van der Waals surface area contributed by atoms with Crippen molar-refractivity contribution in [2.24, 2.45) is 5.92 Å². The standard InChI is InChI=1S/C25H34N4O/c1-17(2)22-19(4)26-23(21-11-7-8-18(3)16-21)27-24(22)28-12-14-29(15-13-28)25(30)20-9-5-6-10-20/h7-8,11,16-17,20H,5-6,9-10,12-15H2,1-4H3. The number of rotatable bonds is 4. The summed E-state index contributed by atoms with van der Waals surface area (Å²) >= 11 is 0. The lowest BCUT2D eigenvalue weighted by atomic mass is 10.0. The Morgan fingerprint density at radius 1 is 1.03 bits per heavy atom. The van der Waals surface area contributed by atoms with Gasteiger partial charge in [-0.3, -0.25) is 4.79 Å². The van der Waals surface area contributed by atoms with Gasteiger partial charge in [-0.2, -0.15) is 0 Å². The summed E-state index contributed by atoms with van der Waals surface area (Å²) in [4.78, 5) is 27.2. The molecule has 0 bridgehead atoms. The van der Waals surface area contributed by atoms with Crippen molar-refractivity contribution < 1.29 is 4.79 Å². The van der Waals surface area contributed by atoms with Crippen LogP contribution in [0.5, 0.6) is 0 Å². The van der Waals surface area contributed by atoms with Crippen molar-refractivity contribution in [1.29, 1.82) is 0 Å². The molecule has 30 heavy (non-hydrogen) atoms. The van der Waals surface area contributed by atoms with Crippen LogP contribution in [-0.2, 0) is 4.79 Å². The van der Waals surface area contributed by atoms with Crippen LogP contribution in [0.25, 0.3) is 11.4 Å². The van der Waals surface area contributed by atoms with Crippen molar-refractivity contribution in [2.45, 2.75) is 59.3 Å². The average molecular weight is 407 g/mol. The summed E-state index contributed by atoms with van der Waals surface area (Å²) in [7, 11) is 0. The maximum absolute atomic E-state index is 12.8. The van der Waals surface area contributed by atoms with Crippen LogP contribution in [0.2, 0.25) is 0 Å². The van der Waals surface area contributed by atoms with E-state index >= 15 is 0 Å². The molecule has 1 aromatic carbocycles. The van der Waals surface area contributed by atoms with Gasteiger partial charge in [0, 0.05) is 48.9 Å². The lowest BCUT2D eigenvalue weighted by Gasteiger charge is -2.38. The van der Waals surface area contributed by atoms with Crippen LogP contribution in [-0.4, -0.2) is 47.0 Å². The molecule has 1 aliphatic heterocycles. The molecule has 160 valence electrons. The summed E-state index contributed by atoms with van der Waals surface area (Å²) < 4.78 is 0. The number of aromatic nitrogens is 2. The minimum atomic E-state index is 0.261. The van der Waals surface area contributed by atoms with Gasteiger partial charge in [0.25, 0.3) is 0 Å². The fourth-order valence-electron chi connectivity index (χ4n) is 4.97. The van der Waals surface area contributed by atoms with Gasteiger partial charge in [0.2, 0.25) is 5.91 Å². The summed E-state index contributed by atoms with van der Waals surface area (Å²) in [6, 6.07) is 8.39. The molecular weight excluding hydrogens is 372 g/mol. The predicted molar refractivity (Wildman–Crippen MR) is 122 cm³/mol. The quantitative estimate of drug-likeness (QED) is 0.737. The Morgan fingerprint density at radius 3 is 2.37 bits per heavy atom. The Labute approximate surface area is 180 Å². The third kappa shape index (κ3) is 4.21. The molecular formula is C25H34N4O. The van der Waals surface area contributed by atoms with Crippen molar-refractivity contribution in [2.75, 3.05) is 31.1 Å². The highest BCUT2D eigenvalue weighted by atomic mass is 16.2. The van der Waals surface area contributed by atoms with E-state index in [4.69, 9.17) is 9.97 Å². The maximum Gasteiger partial charge on any atom is 0.225 e. The Balaban J connectivity index is 1.59. The first-order chi connectivity index (χ1) is 14.4. The third-order valence-electron chi connectivity index (χ3n) is 6.57. The molecule has 0 N–H and O–H groups in total. The summed E-state index contributed by atoms with van der Waals surface area (Å²) in [6.07, 6.45) is 4.55. The van der Waals surface area contributed by atoms with Gasteiger partial charge in [-0.25, -0.2) is 9.97 Å². The highest BCUT2D eigenvalue weighted by Crippen LogP contribution is 2.32. The number of amides is 1. The minimum absolute atomic E-state index is 0.261. The molecule has 2 heterocycles. The summed E-state index contributed by atoms with van der Waals surface area (Å²) in [5.41, 5.74) is 4.55. The average Bonchev–Trinajstić information content (AvgIpc) is 3.27. The zero-order valence-electron chi connectivity index (χ0n) is 18.8. The minimum Gasteiger partial charge on any atom is -0.353 e. The van der Waals surface area contributed by atoms with E-state index in [1.807, 2.05) is 0 Å². The Morgan fingerprint density at radius 2 is 1.73 bits per heavy atom. The second-order valence-corrected chi connectivity index (χ2v) is 9.19. The van der Waals surface area contributed by atoms with Crippen LogP contribution >= 0.6 is 0 Å². The van der Waals surface area contributed by atoms with Gasteiger partial charge in [-0.05, 0) is 38.7 Å². The molecule has 1 aliphatic carbocycles. The smallest absolute Gasteiger partial charge is 0.225 e. The highest BCUT2D eigenvalue weighted by molar-refractivity contribution is 5.79. The third-order valence-corrected chi connectivity index (χ3v) is 6.57. The van der Waals surface area contributed by atoms with Crippen LogP contribution in [0.15, 0.2) is 24.3 Å². The van der Waals surface area contributed by atoms with Crippen LogP contribution in [0, 0.1) is 19.8 Å². The molecule has 1 saturated carbocycles. The fraction of sp³-hybridized carbons (Fsp3) is 0.560. The topological polar surface area (TPSA) is 49.3 Å². The molecule has 0 unspecified atom stereocenters. The van der Waals surface area contributed by atoms with E-state index in [9.17, 15) is 4.79 Å². The SMILES string of the molecule is Cc1cccc(-c2nc(C)c(C(C)C)c(N3CCN(C(=O)C4CCCC4)CC3)n2)c1. The van der Waals surface area contributed by atoms with Gasteiger partial charge in [0.15, 0.2) is 5.82 Å². The van der Waals surface area contributed by atoms with Gasteiger partial charge in [0.1, 0.15) is 5.82 Å². The Kier molecular flexibility index (Phi) is 6.07. The number of anilines is 1. The zero-order valence-corrected chi connectivity index (χ0v) is 18.8. The first kappa shape index (κ1) is 20.8. The van der Waals surface area contributed by atoms with Crippen molar-refractivity contribution in [1.82, 2.24) is 14.9 Å². The number of piperazine rings is 1. The van der Waals surface area contributed by atoms with E-state index in [2.05, 4.69) is 61.8 Å². The van der Waals surface area contributed by atoms with E-state index in [1.54, 1.807) is 0 Å². The fourth-order valence-corrected chi connectivity index (χ4v) is 4.97. The second-order valence-electron chi connectivity index (χ2n) is 9.19. The number of nitrogens with zero attached hydrogens (tertiary/aromatic N) is 4. The molecule has 0 atom stereocenters. The second kappa shape index (κ2) is 8.75. The van der Waals surface area contributed by atoms with E-state index in [1.165, 1.54) is 24.0 Å². The molecule has 0 radical (unpaired) electrons. The molecule has 0 spiro atoms. The molecule has 2 fully saturated rings. The number of hydrogen-bond acceptors (Lipinski definition) is 4. The van der Waals surface area contributed by atoms with Gasteiger partial charge in [-0.1, -0.05) is 50.5 Å². The van der Waals surface area contributed by atoms with Crippen LogP contribution in [0.4, 0.5) is 5.82 Å².